The highest BCUT2D eigenvalue weighted by Gasteiger charge is 2.29. The van der Waals surface area contributed by atoms with Crippen LogP contribution in [0.1, 0.15) is 32.0 Å². The molecule has 26 heavy (non-hydrogen) atoms. The van der Waals surface area contributed by atoms with Crippen LogP contribution in [0.25, 0.3) is 0 Å². The molecular weight excluding hydrogens is 352 g/mol. The number of hydrogen-bond donors (Lipinski definition) is 1. The monoisotopic (exact) mass is 366 g/mol. The number of hydrogen-bond acceptors (Lipinski definition) is 3. The third-order valence-electron chi connectivity index (χ3n) is 4.39. The summed E-state index contributed by atoms with van der Waals surface area (Å²) in [6.07, 6.45) is 1.47. The van der Waals surface area contributed by atoms with Crippen LogP contribution in [0.3, 0.4) is 0 Å². The molecule has 0 saturated heterocycles. The zero-order valence-electron chi connectivity index (χ0n) is 14.0. The average molecular weight is 367 g/mol. The highest BCUT2D eigenvalue weighted by Crippen LogP contribution is 2.34. The van der Waals surface area contributed by atoms with Gasteiger partial charge in [-0.1, -0.05) is 29.8 Å². The molecule has 1 aliphatic heterocycles. The molecule has 0 spiro atoms. The van der Waals surface area contributed by atoms with Crippen LogP contribution >= 0.6 is 11.6 Å². The molecule has 2 heterocycles. The Morgan fingerprint density at radius 3 is 2.69 bits per heavy atom. The maximum absolute atomic E-state index is 12.6. The number of fused-ring (bicyclic) bond motifs is 1. The van der Waals surface area contributed by atoms with E-state index in [1.807, 2.05) is 24.3 Å². The number of benzene rings is 2. The molecule has 0 aliphatic carbocycles. The number of amides is 2. The van der Waals surface area contributed by atoms with Gasteiger partial charge in [0.25, 0.3) is 11.8 Å². The van der Waals surface area contributed by atoms with Gasteiger partial charge in [0.2, 0.25) is 0 Å². The third kappa shape index (κ3) is 2.76. The predicted octanol–water partition coefficient (Wildman–Crippen LogP) is 4.65. The minimum atomic E-state index is -0.346. The van der Waals surface area contributed by atoms with E-state index in [1.54, 1.807) is 36.1 Å². The van der Waals surface area contributed by atoms with Gasteiger partial charge < -0.3 is 14.6 Å². The molecule has 0 atom stereocenters. The molecule has 6 heteroatoms. The first-order valence-corrected chi connectivity index (χ1v) is 8.47. The Bertz CT molecular complexity index is 1030. The van der Waals surface area contributed by atoms with Crippen LogP contribution in [0.2, 0.25) is 5.02 Å². The number of nitrogens with one attached hydrogen (secondary N) is 1. The molecule has 1 aliphatic rings. The van der Waals surface area contributed by atoms with Crippen molar-refractivity contribution >= 4 is 34.8 Å². The first kappa shape index (κ1) is 16.4. The van der Waals surface area contributed by atoms with Crippen molar-refractivity contribution in [2.45, 2.75) is 13.5 Å². The average Bonchev–Trinajstić information content (AvgIpc) is 3.19. The van der Waals surface area contributed by atoms with Crippen LogP contribution in [0.4, 0.5) is 11.4 Å². The van der Waals surface area contributed by atoms with E-state index in [0.717, 1.165) is 11.1 Å². The zero-order chi connectivity index (χ0) is 18.3. The molecule has 0 saturated carbocycles. The SMILES string of the molecule is Cc1ccoc1C(=O)Nc1ccc(N2Cc3ccccc3C2=O)c(Cl)c1. The number of nitrogens with zero attached hydrogens (tertiary/aromatic N) is 1. The van der Waals surface area contributed by atoms with Gasteiger partial charge in [0.05, 0.1) is 23.5 Å². The maximum Gasteiger partial charge on any atom is 0.291 e. The van der Waals surface area contributed by atoms with Crippen molar-refractivity contribution < 1.29 is 14.0 Å². The summed E-state index contributed by atoms with van der Waals surface area (Å²) < 4.78 is 5.19. The normalized spacial score (nSPS) is 13.0. The van der Waals surface area contributed by atoms with Crippen molar-refractivity contribution in [1.29, 1.82) is 0 Å². The Hall–Kier alpha value is -3.05. The van der Waals surface area contributed by atoms with Crippen molar-refractivity contribution in [2.75, 3.05) is 10.2 Å². The molecule has 2 aromatic carbocycles. The topological polar surface area (TPSA) is 62.6 Å². The summed E-state index contributed by atoms with van der Waals surface area (Å²) in [6.45, 7) is 2.27. The first-order valence-electron chi connectivity index (χ1n) is 8.09. The number of rotatable bonds is 3. The molecule has 4 rings (SSSR count). The lowest BCUT2D eigenvalue weighted by Crippen LogP contribution is -2.23. The number of furan rings is 1. The molecular formula is C20H15ClN2O3. The minimum Gasteiger partial charge on any atom is -0.459 e. The van der Waals surface area contributed by atoms with Gasteiger partial charge in [-0.2, -0.15) is 0 Å². The molecule has 2 amide bonds. The van der Waals surface area contributed by atoms with E-state index in [9.17, 15) is 9.59 Å². The molecule has 3 aromatic rings. The second-order valence-corrected chi connectivity index (χ2v) is 6.51. The zero-order valence-corrected chi connectivity index (χ0v) is 14.7. The van der Waals surface area contributed by atoms with Gasteiger partial charge in [0, 0.05) is 16.8 Å². The van der Waals surface area contributed by atoms with Crippen molar-refractivity contribution in [1.82, 2.24) is 0 Å². The van der Waals surface area contributed by atoms with E-state index in [2.05, 4.69) is 5.32 Å². The Morgan fingerprint density at radius 1 is 1.19 bits per heavy atom. The largest absolute Gasteiger partial charge is 0.459 e. The fraction of sp³-hybridized carbons (Fsp3) is 0.100. The van der Waals surface area contributed by atoms with Gasteiger partial charge in [-0.05, 0) is 42.8 Å². The smallest absolute Gasteiger partial charge is 0.291 e. The van der Waals surface area contributed by atoms with E-state index in [-0.39, 0.29) is 17.6 Å². The van der Waals surface area contributed by atoms with Crippen LogP contribution in [0.15, 0.2) is 59.2 Å². The van der Waals surface area contributed by atoms with Crippen LogP contribution in [-0.2, 0) is 6.54 Å². The lowest BCUT2D eigenvalue weighted by Gasteiger charge is -2.18. The Labute approximate surface area is 155 Å². The van der Waals surface area contributed by atoms with Gasteiger partial charge in [0.1, 0.15) is 0 Å². The molecule has 5 nitrogen and oxygen atoms in total. The summed E-state index contributed by atoms with van der Waals surface area (Å²) in [4.78, 5) is 26.5. The first-order chi connectivity index (χ1) is 12.5. The quantitative estimate of drug-likeness (QED) is 0.733. The molecule has 130 valence electrons. The Balaban J connectivity index is 1.57. The lowest BCUT2D eigenvalue weighted by atomic mass is 10.1. The van der Waals surface area contributed by atoms with E-state index in [1.165, 1.54) is 6.26 Å². The van der Waals surface area contributed by atoms with Crippen molar-refractivity contribution in [3.63, 3.8) is 0 Å². The highest BCUT2D eigenvalue weighted by atomic mass is 35.5. The van der Waals surface area contributed by atoms with E-state index >= 15 is 0 Å². The number of carbonyl (C=O) groups excluding carboxylic acids is 2. The fourth-order valence-corrected chi connectivity index (χ4v) is 3.33. The molecule has 0 radical (unpaired) electrons. The molecule has 1 N–H and O–H groups in total. The van der Waals surface area contributed by atoms with Crippen LogP contribution in [0, 0.1) is 6.92 Å². The number of anilines is 2. The fourth-order valence-electron chi connectivity index (χ4n) is 3.05. The third-order valence-corrected chi connectivity index (χ3v) is 4.69. The molecule has 1 aromatic heterocycles. The minimum absolute atomic E-state index is 0.0782. The van der Waals surface area contributed by atoms with E-state index in [4.69, 9.17) is 16.0 Å². The summed E-state index contributed by atoms with van der Waals surface area (Å²) in [5.41, 5.74) is 3.56. The molecule has 0 bridgehead atoms. The molecule has 0 unspecified atom stereocenters. The summed E-state index contributed by atoms with van der Waals surface area (Å²) in [6, 6.07) is 14.3. The second kappa shape index (κ2) is 6.35. The number of halogens is 1. The summed E-state index contributed by atoms with van der Waals surface area (Å²) in [5.74, 6) is -0.165. The Morgan fingerprint density at radius 2 is 2.00 bits per heavy atom. The van der Waals surface area contributed by atoms with E-state index < -0.39 is 0 Å². The second-order valence-electron chi connectivity index (χ2n) is 6.10. The summed E-state index contributed by atoms with van der Waals surface area (Å²) in [5, 5.41) is 3.14. The van der Waals surface area contributed by atoms with Gasteiger partial charge in [-0.3, -0.25) is 9.59 Å². The Kier molecular flexibility index (Phi) is 4.01. The van der Waals surface area contributed by atoms with Crippen LogP contribution < -0.4 is 10.2 Å². The summed E-state index contributed by atoms with van der Waals surface area (Å²) >= 11 is 6.39. The molecule has 0 fully saturated rings. The summed E-state index contributed by atoms with van der Waals surface area (Å²) in [7, 11) is 0. The van der Waals surface area contributed by atoms with Crippen LogP contribution in [0.5, 0.6) is 0 Å². The maximum atomic E-state index is 12.6. The van der Waals surface area contributed by atoms with Gasteiger partial charge in [0.15, 0.2) is 5.76 Å². The number of carbonyl (C=O) groups is 2. The van der Waals surface area contributed by atoms with Crippen LogP contribution in [-0.4, -0.2) is 11.8 Å². The van der Waals surface area contributed by atoms with Gasteiger partial charge >= 0.3 is 0 Å². The number of aryl methyl sites for hydroxylation is 1. The van der Waals surface area contributed by atoms with Crippen molar-refractivity contribution in [2.24, 2.45) is 0 Å². The highest BCUT2D eigenvalue weighted by molar-refractivity contribution is 6.34. The lowest BCUT2D eigenvalue weighted by molar-refractivity contribution is 0.0988. The van der Waals surface area contributed by atoms with Gasteiger partial charge in [-0.15, -0.1) is 0 Å². The predicted molar refractivity (Wildman–Crippen MR) is 99.8 cm³/mol. The standard InChI is InChI=1S/C20H15ClN2O3/c1-12-8-9-26-18(12)19(24)22-14-6-7-17(16(21)10-14)23-11-13-4-2-3-5-15(13)20(23)25/h2-10H,11H2,1H3,(H,22,24). The van der Waals surface area contributed by atoms with Crippen molar-refractivity contribution in [3.05, 3.63) is 82.3 Å². The van der Waals surface area contributed by atoms with E-state index in [0.29, 0.717) is 28.5 Å². The van der Waals surface area contributed by atoms with Gasteiger partial charge in [-0.25, -0.2) is 0 Å². The van der Waals surface area contributed by atoms with Crippen molar-refractivity contribution in [3.8, 4) is 0 Å².